The summed E-state index contributed by atoms with van der Waals surface area (Å²) in [4.78, 5) is 4.43. The maximum atomic E-state index is 5.86. The Kier molecular flexibility index (Phi) is 3.36. The molecule has 84 valence electrons. The molecule has 0 bridgehead atoms. The average molecular weight is 209 g/mol. The van der Waals surface area contributed by atoms with Crippen LogP contribution in [0.25, 0.3) is 0 Å². The fourth-order valence-corrected chi connectivity index (χ4v) is 2.12. The maximum absolute atomic E-state index is 5.86. The summed E-state index contributed by atoms with van der Waals surface area (Å²) in [7, 11) is 0. The quantitative estimate of drug-likeness (QED) is 0.827. The summed E-state index contributed by atoms with van der Waals surface area (Å²) in [5.74, 6) is 2.12. The SMILES string of the molecule is CCCc1noc(C2CCC(N)CC2)n1. The third kappa shape index (κ3) is 2.56. The molecule has 2 N–H and O–H groups in total. The van der Waals surface area contributed by atoms with Gasteiger partial charge in [0.15, 0.2) is 5.82 Å². The van der Waals surface area contributed by atoms with Crippen molar-refractivity contribution in [3.63, 3.8) is 0 Å². The largest absolute Gasteiger partial charge is 0.339 e. The molecular weight excluding hydrogens is 190 g/mol. The zero-order valence-electron chi connectivity index (χ0n) is 9.28. The molecule has 1 aliphatic rings. The van der Waals surface area contributed by atoms with Crippen molar-refractivity contribution in [2.75, 3.05) is 0 Å². The fraction of sp³-hybridized carbons (Fsp3) is 0.818. The molecule has 1 aliphatic carbocycles. The number of nitrogens with zero attached hydrogens (tertiary/aromatic N) is 2. The van der Waals surface area contributed by atoms with Crippen molar-refractivity contribution in [1.29, 1.82) is 0 Å². The van der Waals surface area contributed by atoms with Gasteiger partial charge in [0.25, 0.3) is 0 Å². The topological polar surface area (TPSA) is 64.9 Å². The first-order chi connectivity index (χ1) is 7.29. The molecule has 2 rings (SSSR count). The molecule has 15 heavy (non-hydrogen) atoms. The summed E-state index contributed by atoms with van der Waals surface area (Å²) in [6.07, 6.45) is 6.32. The van der Waals surface area contributed by atoms with Gasteiger partial charge in [0.05, 0.1) is 0 Å². The Bertz CT molecular complexity index is 303. The van der Waals surface area contributed by atoms with Gasteiger partial charge < -0.3 is 10.3 Å². The smallest absolute Gasteiger partial charge is 0.229 e. The van der Waals surface area contributed by atoms with Crippen molar-refractivity contribution in [1.82, 2.24) is 10.1 Å². The van der Waals surface area contributed by atoms with Gasteiger partial charge in [-0.05, 0) is 32.1 Å². The lowest BCUT2D eigenvalue weighted by atomic mass is 9.86. The lowest BCUT2D eigenvalue weighted by Gasteiger charge is -2.22. The standard InChI is InChI=1S/C11H19N3O/c1-2-3-10-13-11(15-14-10)8-4-6-9(12)7-5-8/h8-9H,2-7,12H2,1H3. The molecule has 0 atom stereocenters. The minimum Gasteiger partial charge on any atom is -0.339 e. The van der Waals surface area contributed by atoms with Crippen LogP contribution >= 0.6 is 0 Å². The monoisotopic (exact) mass is 209 g/mol. The molecule has 1 heterocycles. The molecule has 1 aromatic rings. The van der Waals surface area contributed by atoms with E-state index in [1.54, 1.807) is 0 Å². The van der Waals surface area contributed by atoms with E-state index in [0.717, 1.165) is 50.2 Å². The zero-order valence-corrected chi connectivity index (χ0v) is 9.28. The predicted octanol–water partition coefficient (Wildman–Crippen LogP) is 2.01. The minimum atomic E-state index is 0.374. The number of hydrogen-bond acceptors (Lipinski definition) is 4. The maximum Gasteiger partial charge on any atom is 0.229 e. The van der Waals surface area contributed by atoms with E-state index in [0.29, 0.717) is 12.0 Å². The van der Waals surface area contributed by atoms with E-state index in [2.05, 4.69) is 17.1 Å². The van der Waals surface area contributed by atoms with Crippen molar-refractivity contribution >= 4 is 0 Å². The van der Waals surface area contributed by atoms with Crippen LogP contribution in [-0.2, 0) is 6.42 Å². The zero-order chi connectivity index (χ0) is 10.7. The van der Waals surface area contributed by atoms with Crippen LogP contribution in [0.2, 0.25) is 0 Å². The molecule has 0 radical (unpaired) electrons. The highest BCUT2D eigenvalue weighted by molar-refractivity contribution is 4.96. The Hall–Kier alpha value is -0.900. The molecule has 4 heteroatoms. The summed E-state index contributed by atoms with van der Waals surface area (Å²) in [5, 5.41) is 3.98. The van der Waals surface area contributed by atoms with E-state index in [-0.39, 0.29) is 0 Å². The Labute approximate surface area is 90.2 Å². The molecule has 0 aliphatic heterocycles. The van der Waals surface area contributed by atoms with Crippen molar-refractivity contribution in [2.45, 2.75) is 57.4 Å². The molecule has 0 spiro atoms. The van der Waals surface area contributed by atoms with Gasteiger partial charge in [0, 0.05) is 18.4 Å². The molecule has 1 saturated carbocycles. The first-order valence-electron chi connectivity index (χ1n) is 5.87. The predicted molar refractivity (Wildman–Crippen MR) is 57.5 cm³/mol. The number of rotatable bonds is 3. The second kappa shape index (κ2) is 4.75. The molecule has 1 fully saturated rings. The summed E-state index contributed by atoms with van der Waals surface area (Å²) < 4.78 is 5.29. The fourth-order valence-electron chi connectivity index (χ4n) is 2.12. The number of aromatic nitrogens is 2. The Morgan fingerprint density at radius 2 is 2.07 bits per heavy atom. The van der Waals surface area contributed by atoms with Crippen LogP contribution in [0.5, 0.6) is 0 Å². The molecule has 1 aromatic heterocycles. The first kappa shape index (κ1) is 10.6. The van der Waals surface area contributed by atoms with Gasteiger partial charge >= 0.3 is 0 Å². The molecule has 0 amide bonds. The van der Waals surface area contributed by atoms with E-state index in [9.17, 15) is 0 Å². The number of nitrogens with two attached hydrogens (primary N) is 1. The summed E-state index contributed by atoms with van der Waals surface area (Å²) in [5.41, 5.74) is 5.86. The molecule has 4 nitrogen and oxygen atoms in total. The Morgan fingerprint density at radius 1 is 1.33 bits per heavy atom. The highest BCUT2D eigenvalue weighted by atomic mass is 16.5. The van der Waals surface area contributed by atoms with Crippen LogP contribution in [0.1, 0.15) is 56.7 Å². The lowest BCUT2D eigenvalue weighted by Crippen LogP contribution is -2.25. The average Bonchev–Trinajstić information content (AvgIpc) is 2.68. The van der Waals surface area contributed by atoms with Crippen LogP contribution in [0.15, 0.2) is 4.52 Å². The second-order valence-corrected chi connectivity index (χ2v) is 4.41. The van der Waals surface area contributed by atoms with Crippen molar-refractivity contribution in [2.24, 2.45) is 5.73 Å². The van der Waals surface area contributed by atoms with Crippen LogP contribution in [0.4, 0.5) is 0 Å². The van der Waals surface area contributed by atoms with Gasteiger partial charge in [-0.3, -0.25) is 0 Å². The van der Waals surface area contributed by atoms with Crippen LogP contribution < -0.4 is 5.73 Å². The normalized spacial score (nSPS) is 26.8. The van der Waals surface area contributed by atoms with Crippen molar-refractivity contribution in [3.8, 4) is 0 Å². The highest BCUT2D eigenvalue weighted by Crippen LogP contribution is 2.31. The van der Waals surface area contributed by atoms with Gasteiger partial charge in [0.2, 0.25) is 5.89 Å². The first-order valence-corrected chi connectivity index (χ1v) is 5.87. The molecule has 0 unspecified atom stereocenters. The minimum absolute atomic E-state index is 0.374. The Morgan fingerprint density at radius 3 is 2.73 bits per heavy atom. The van der Waals surface area contributed by atoms with E-state index in [1.807, 2.05) is 0 Å². The summed E-state index contributed by atoms with van der Waals surface area (Å²) >= 11 is 0. The van der Waals surface area contributed by atoms with Gasteiger partial charge in [-0.2, -0.15) is 4.98 Å². The third-order valence-electron chi connectivity index (χ3n) is 3.08. The lowest BCUT2D eigenvalue weighted by molar-refractivity contribution is 0.299. The van der Waals surface area contributed by atoms with Crippen LogP contribution in [0.3, 0.4) is 0 Å². The van der Waals surface area contributed by atoms with E-state index < -0.39 is 0 Å². The number of hydrogen-bond donors (Lipinski definition) is 1. The van der Waals surface area contributed by atoms with Crippen LogP contribution in [0, 0.1) is 0 Å². The van der Waals surface area contributed by atoms with Gasteiger partial charge in [0.1, 0.15) is 0 Å². The third-order valence-corrected chi connectivity index (χ3v) is 3.08. The summed E-state index contributed by atoms with van der Waals surface area (Å²) in [6.45, 7) is 2.12. The highest BCUT2D eigenvalue weighted by Gasteiger charge is 2.24. The van der Waals surface area contributed by atoms with Gasteiger partial charge in [-0.15, -0.1) is 0 Å². The van der Waals surface area contributed by atoms with Gasteiger partial charge in [-0.25, -0.2) is 0 Å². The molecule has 0 aromatic carbocycles. The van der Waals surface area contributed by atoms with Gasteiger partial charge in [-0.1, -0.05) is 12.1 Å². The summed E-state index contributed by atoms with van der Waals surface area (Å²) in [6, 6.07) is 0.374. The Balaban J connectivity index is 1.96. The molecular formula is C11H19N3O. The van der Waals surface area contributed by atoms with E-state index >= 15 is 0 Å². The van der Waals surface area contributed by atoms with Crippen molar-refractivity contribution < 1.29 is 4.52 Å². The second-order valence-electron chi connectivity index (χ2n) is 4.41. The molecule has 0 saturated heterocycles. The van der Waals surface area contributed by atoms with E-state index in [1.165, 1.54) is 0 Å². The van der Waals surface area contributed by atoms with E-state index in [4.69, 9.17) is 10.3 Å². The van der Waals surface area contributed by atoms with Crippen molar-refractivity contribution in [3.05, 3.63) is 11.7 Å². The van der Waals surface area contributed by atoms with Crippen LogP contribution in [-0.4, -0.2) is 16.2 Å². The number of aryl methyl sites for hydroxylation is 1.